The Kier molecular flexibility index (Phi) is 4.41. The summed E-state index contributed by atoms with van der Waals surface area (Å²) in [5, 5.41) is 8.48. The van der Waals surface area contributed by atoms with Gasteiger partial charge in [0.1, 0.15) is 0 Å². The van der Waals surface area contributed by atoms with Crippen LogP contribution in [-0.4, -0.2) is 21.0 Å². The molecular weight excluding hydrogens is 331 g/mol. The van der Waals surface area contributed by atoms with Gasteiger partial charge >= 0.3 is 12.0 Å². The average molecular weight is 339 g/mol. The molecule has 0 aliphatic carbocycles. The van der Waals surface area contributed by atoms with Gasteiger partial charge < -0.3 is 9.84 Å². The molecule has 102 valence electrons. The largest absolute Gasteiger partial charge is 0.478 e. The van der Waals surface area contributed by atoms with E-state index < -0.39 is 11.8 Å². The molecule has 0 saturated heterocycles. The molecule has 1 aromatic heterocycles. The maximum atomic E-state index is 13.5. The highest BCUT2D eigenvalue weighted by Gasteiger charge is 2.06. The van der Waals surface area contributed by atoms with Crippen molar-refractivity contribution in [2.75, 3.05) is 0 Å². The summed E-state index contributed by atoms with van der Waals surface area (Å²) >= 11 is 3.14. The summed E-state index contributed by atoms with van der Waals surface area (Å²) in [5.41, 5.74) is 0.496. The molecule has 5 nitrogen and oxygen atoms in total. The van der Waals surface area contributed by atoms with Crippen LogP contribution in [-0.2, 0) is 4.79 Å². The normalized spacial score (nSPS) is 10.7. The Morgan fingerprint density at radius 1 is 1.35 bits per heavy atom. The number of ether oxygens (including phenoxy) is 1. The first-order valence-electron chi connectivity index (χ1n) is 5.40. The first-order chi connectivity index (χ1) is 9.54. The van der Waals surface area contributed by atoms with Crippen molar-refractivity contribution in [3.05, 3.63) is 52.5 Å². The number of carboxylic acids is 1. The number of hydrogen-bond acceptors (Lipinski definition) is 4. The van der Waals surface area contributed by atoms with Gasteiger partial charge in [-0.1, -0.05) is 15.9 Å². The number of aromatic nitrogens is 2. The lowest BCUT2D eigenvalue weighted by atomic mass is 10.3. The molecule has 7 heteroatoms. The second-order valence-corrected chi connectivity index (χ2v) is 4.56. The molecule has 0 atom stereocenters. The van der Waals surface area contributed by atoms with Gasteiger partial charge in [0.25, 0.3) is 0 Å². The topological polar surface area (TPSA) is 72.3 Å². The molecule has 2 rings (SSSR count). The van der Waals surface area contributed by atoms with E-state index in [9.17, 15) is 9.18 Å². The van der Waals surface area contributed by atoms with Crippen LogP contribution in [0.15, 0.2) is 41.1 Å². The highest BCUT2D eigenvalue weighted by Crippen LogP contribution is 2.24. The Labute approximate surface area is 121 Å². The summed E-state index contributed by atoms with van der Waals surface area (Å²) in [7, 11) is 0. The number of rotatable bonds is 4. The molecule has 0 bridgehead atoms. The van der Waals surface area contributed by atoms with Gasteiger partial charge in [0.15, 0.2) is 11.6 Å². The first kappa shape index (κ1) is 14.1. The Balaban J connectivity index is 2.12. The van der Waals surface area contributed by atoms with E-state index in [0.29, 0.717) is 10.0 Å². The van der Waals surface area contributed by atoms with Crippen LogP contribution in [0, 0.1) is 5.82 Å². The molecular formula is C13H8BrFN2O3. The van der Waals surface area contributed by atoms with Crippen LogP contribution in [0.2, 0.25) is 0 Å². The summed E-state index contributed by atoms with van der Waals surface area (Å²) in [6.07, 6.45) is 5.05. The van der Waals surface area contributed by atoms with E-state index in [1.807, 2.05) is 0 Å². The zero-order valence-electron chi connectivity index (χ0n) is 9.96. The molecule has 0 spiro atoms. The Morgan fingerprint density at radius 3 is 2.65 bits per heavy atom. The number of halogens is 2. The van der Waals surface area contributed by atoms with Crippen molar-refractivity contribution in [2.24, 2.45) is 0 Å². The maximum Gasteiger partial charge on any atom is 0.328 e. The summed E-state index contributed by atoms with van der Waals surface area (Å²) < 4.78 is 19.3. The molecule has 0 aliphatic rings. The van der Waals surface area contributed by atoms with Gasteiger partial charge in [0.2, 0.25) is 0 Å². The standard InChI is InChI=1S/C13H8BrFN2O3/c14-9-2-3-11(10(15)5-9)20-13-16-6-8(7-17-13)1-4-12(18)19/h1-7H,(H,18,19)/b4-1+. The fraction of sp³-hybridized carbons (Fsp3) is 0. The Hall–Kier alpha value is -2.28. The predicted molar refractivity (Wildman–Crippen MR) is 72.9 cm³/mol. The van der Waals surface area contributed by atoms with Crippen LogP contribution in [0.4, 0.5) is 4.39 Å². The lowest BCUT2D eigenvalue weighted by Crippen LogP contribution is -1.94. The van der Waals surface area contributed by atoms with Crippen molar-refractivity contribution >= 4 is 28.0 Å². The highest BCUT2D eigenvalue weighted by atomic mass is 79.9. The van der Waals surface area contributed by atoms with E-state index in [1.54, 1.807) is 6.07 Å². The number of benzene rings is 1. The van der Waals surface area contributed by atoms with Crippen molar-refractivity contribution in [2.45, 2.75) is 0 Å². The van der Waals surface area contributed by atoms with Gasteiger partial charge in [-0.2, -0.15) is 0 Å². The van der Waals surface area contributed by atoms with Gasteiger partial charge in [0, 0.05) is 28.5 Å². The monoisotopic (exact) mass is 338 g/mol. The SMILES string of the molecule is O=C(O)/C=C/c1cnc(Oc2ccc(Br)cc2F)nc1. The van der Waals surface area contributed by atoms with Crippen LogP contribution < -0.4 is 4.74 Å². The number of hydrogen-bond donors (Lipinski definition) is 1. The molecule has 0 fully saturated rings. The summed E-state index contributed by atoms with van der Waals surface area (Å²) in [4.78, 5) is 18.1. The van der Waals surface area contributed by atoms with Crippen LogP contribution in [0.1, 0.15) is 5.56 Å². The molecule has 0 radical (unpaired) electrons. The molecule has 0 saturated carbocycles. The van der Waals surface area contributed by atoms with Crippen molar-refractivity contribution in [3.8, 4) is 11.8 Å². The van der Waals surface area contributed by atoms with Crippen molar-refractivity contribution < 1.29 is 19.0 Å². The van der Waals surface area contributed by atoms with E-state index in [1.165, 1.54) is 30.6 Å². The third-order valence-electron chi connectivity index (χ3n) is 2.16. The number of aliphatic carboxylic acids is 1. The summed E-state index contributed by atoms with van der Waals surface area (Å²) in [6.45, 7) is 0. The van der Waals surface area contributed by atoms with Crippen LogP contribution in [0.3, 0.4) is 0 Å². The molecule has 20 heavy (non-hydrogen) atoms. The highest BCUT2D eigenvalue weighted by molar-refractivity contribution is 9.10. The number of carbonyl (C=O) groups is 1. The van der Waals surface area contributed by atoms with E-state index >= 15 is 0 Å². The van der Waals surface area contributed by atoms with E-state index in [4.69, 9.17) is 9.84 Å². The summed E-state index contributed by atoms with van der Waals surface area (Å²) in [6, 6.07) is 4.31. The van der Waals surface area contributed by atoms with Gasteiger partial charge in [-0.05, 0) is 24.3 Å². The van der Waals surface area contributed by atoms with Gasteiger partial charge in [-0.3, -0.25) is 0 Å². The molecule has 2 aromatic rings. The third-order valence-corrected chi connectivity index (χ3v) is 2.65. The molecule has 1 aromatic carbocycles. The minimum atomic E-state index is -1.07. The minimum Gasteiger partial charge on any atom is -0.478 e. The molecule has 0 amide bonds. The molecule has 1 N–H and O–H groups in total. The number of carboxylic acid groups (broad SMARTS) is 1. The molecule has 0 unspecified atom stereocenters. The molecule has 1 heterocycles. The van der Waals surface area contributed by atoms with E-state index in [2.05, 4.69) is 25.9 Å². The van der Waals surface area contributed by atoms with Gasteiger partial charge in [-0.15, -0.1) is 0 Å². The fourth-order valence-corrected chi connectivity index (χ4v) is 1.62. The summed E-state index contributed by atoms with van der Waals surface area (Å²) in [5.74, 6) is -1.61. The van der Waals surface area contributed by atoms with Gasteiger partial charge in [-0.25, -0.2) is 19.2 Å². The predicted octanol–water partition coefficient (Wildman–Crippen LogP) is 3.27. The van der Waals surface area contributed by atoms with Crippen molar-refractivity contribution in [3.63, 3.8) is 0 Å². The van der Waals surface area contributed by atoms with Crippen molar-refractivity contribution in [1.29, 1.82) is 0 Å². The fourth-order valence-electron chi connectivity index (χ4n) is 1.29. The van der Waals surface area contributed by atoms with E-state index in [-0.39, 0.29) is 11.8 Å². The van der Waals surface area contributed by atoms with Crippen LogP contribution >= 0.6 is 15.9 Å². The Bertz CT molecular complexity index is 659. The maximum absolute atomic E-state index is 13.5. The smallest absolute Gasteiger partial charge is 0.328 e. The second kappa shape index (κ2) is 6.25. The number of nitrogens with zero attached hydrogens (tertiary/aromatic N) is 2. The van der Waals surface area contributed by atoms with Gasteiger partial charge in [0.05, 0.1) is 0 Å². The first-order valence-corrected chi connectivity index (χ1v) is 6.20. The second-order valence-electron chi connectivity index (χ2n) is 3.65. The quantitative estimate of drug-likeness (QED) is 0.866. The zero-order chi connectivity index (χ0) is 14.5. The molecule has 0 aliphatic heterocycles. The minimum absolute atomic E-state index is 0.00188. The average Bonchev–Trinajstić information content (AvgIpc) is 2.41. The van der Waals surface area contributed by atoms with Crippen molar-refractivity contribution in [1.82, 2.24) is 9.97 Å². The lowest BCUT2D eigenvalue weighted by molar-refractivity contribution is -0.131. The lowest BCUT2D eigenvalue weighted by Gasteiger charge is -2.04. The Morgan fingerprint density at radius 2 is 2.05 bits per heavy atom. The third kappa shape index (κ3) is 3.86. The van der Waals surface area contributed by atoms with Crippen LogP contribution in [0.25, 0.3) is 6.08 Å². The van der Waals surface area contributed by atoms with Crippen LogP contribution in [0.5, 0.6) is 11.8 Å². The van der Waals surface area contributed by atoms with E-state index in [0.717, 1.165) is 6.08 Å². The zero-order valence-corrected chi connectivity index (χ0v) is 11.5.